The van der Waals surface area contributed by atoms with Gasteiger partial charge in [0.05, 0.1) is 12.5 Å². The van der Waals surface area contributed by atoms with Crippen LogP contribution in [0.4, 0.5) is 5.69 Å². The van der Waals surface area contributed by atoms with Crippen LogP contribution in [-0.2, 0) is 21.5 Å². The molecule has 3 aliphatic rings. The molecule has 2 fully saturated rings. The Morgan fingerprint density at radius 2 is 1.78 bits per heavy atom. The van der Waals surface area contributed by atoms with Crippen molar-refractivity contribution in [2.45, 2.75) is 23.9 Å². The first-order valence-corrected chi connectivity index (χ1v) is 12.5. The fraction of sp³-hybridized carbons (Fsp3) is 0.357. The number of ketones is 1. The number of amides is 1. The van der Waals surface area contributed by atoms with Gasteiger partial charge in [-0.3, -0.25) is 14.5 Å². The maximum absolute atomic E-state index is 14.4. The first kappa shape index (κ1) is 24.6. The number of nitrogens with zero attached hydrogens (tertiary/aromatic N) is 3. The van der Waals surface area contributed by atoms with Gasteiger partial charge in [0.1, 0.15) is 16.2 Å². The van der Waals surface area contributed by atoms with Crippen molar-refractivity contribution in [3.05, 3.63) is 83.6 Å². The Bertz CT molecular complexity index is 1250. The molecule has 2 heterocycles. The number of piperidine rings is 1. The maximum Gasteiger partial charge on any atom is 0.244 e. The molecular formula is C28H31ClN4O3. The highest BCUT2D eigenvalue weighted by atomic mass is 35.5. The summed E-state index contributed by atoms with van der Waals surface area (Å²) in [5, 5.41) is 9.86. The second-order valence-corrected chi connectivity index (χ2v) is 10.7. The van der Waals surface area contributed by atoms with Crippen molar-refractivity contribution in [1.82, 2.24) is 14.7 Å². The third-order valence-corrected chi connectivity index (χ3v) is 8.34. The van der Waals surface area contributed by atoms with Crippen LogP contribution >= 0.6 is 11.6 Å². The summed E-state index contributed by atoms with van der Waals surface area (Å²) in [5.74, 6) is -1.26. The summed E-state index contributed by atoms with van der Waals surface area (Å²) in [5.41, 5.74) is 7.13. The molecule has 188 valence electrons. The number of anilines is 1. The number of piperazine rings is 1. The monoisotopic (exact) mass is 506 g/mol. The van der Waals surface area contributed by atoms with Crippen LogP contribution in [0.15, 0.2) is 72.5 Å². The molecule has 5 rings (SSSR count). The first-order chi connectivity index (χ1) is 17.1. The van der Waals surface area contributed by atoms with Gasteiger partial charge in [-0.1, -0.05) is 41.9 Å². The van der Waals surface area contributed by atoms with Crippen LogP contribution in [0.2, 0.25) is 0 Å². The molecule has 8 heteroatoms. The van der Waals surface area contributed by atoms with Crippen molar-refractivity contribution in [3.63, 3.8) is 0 Å². The van der Waals surface area contributed by atoms with Gasteiger partial charge in [-0.15, -0.1) is 0 Å². The lowest BCUT2D eigenvalue weighted by atomic mass is 9.65. The molecule has 3 N–H and O–H groups in total. The Hall–Kier alpha value is -3.13. The molecule has 2 aromatic carbocycles. The predicted octanol–water partition coefficient (Wildman–Crippen LogP) is 3.10. The van der Waals surface area contributed by atoms with Crippen LogP contribution < -0.4 is 5.73 Å². The molecule has 1 amide bonds. The molecular weight excluding hydrogens is 476 g/mol. The van der Waals surface area contributed by atoms with E-state index in [0.717, 1.165) is 18.7 Å². The number of hydrogen-bond acceptors (Lipinski definition) is 6. The van der Waals surface area contributed by atoms with Crippen LogP contribution in [0, 0.1) is 5.92 Å². The SMILES string of the molecule is CN1CCN(C2(Cl)C=CC=C3C2C(=O)C(C)(c2ccc(O)cc2)C(=O)N3Cc2cccc(N)c2)CC1. The van der Waals surface area contributed by atoms with Gasteiger partial charge in [0.2, 0.25) is 5.91 Å². The van der Waals surface area contributed by atoms with Gasteiger partial charge in [-0.05, 0) is 61.5 Å². The molecule has 0 spiro atoms. The average Bonchev–Trinajstić information content (AvgIpc) is 2.86. The number of phenols is 1. The largest absolute Gasteiger partial charge is 0.508 e. The number of carbonyl (C=O) groups excluding carboxylic acids is 2. The minimum Gasteiger partial charge on any atom is -0.508 e. The van der Waals surface area contributed by atoms with E-state index in [1.54, 1.807) is 30.0 Å². The number of rotatable bonds is 4. The van der Waals surface area contributed by atoms with Crippen molar-refractivity contribution >= 4 is 29.0 Å². The number of fused-ring (bicyclic) bond motifs is 1. The molecule has 0 bridgehead atoms. The van der Waals surface area contributed by atoms with Crippen LogP contribution in [-0.4, -0.2) is 69.7 Å². The van der Waals surface area contributed by atoms with Crippen molar-refractivity contribution in [2.75, 3.05) is 39.0 Å². The second-order valence-electron chi connectivity index (χ2n) is 10.1. The minimum atomic E-state index is -1.48. The number of nitrogen functional groups attached to an aromatic ring is 1. The van der Waals surface area contributed by atoms with E-state index >= 15 is 0 Å². The number of likely N-dealkylation sites (tertiary alicyclic amines) is 1. The quantitative estimate of drug-likeness (QED) is 0.287. The topological polar surface area (TPSA) is 90.1 Å². The molecule has 2 aliphatic heterocycles. The smallest absolute Gasteiger partial charge is 0.244 e. The molecule has 1 aliphatic carbocycles. The highest BCUT2D eigenvalue weighted by Gasteiger charge is 2.61. The van der Waals surface area contributed by atoms with E-state index in [4.69, 9.17) is 17.3 Å². The van der Waals surface area contributed by atoms with E-state index in [1.807, 2.05) is 36.4 Å². The summed E-state index contributed by atoms with van der Waals surface area (Å²) in [7, 11) is 2.07. The summed E-state index contributed by atoms with van der Waals surface area (Å²) in [4.78, 5) is 33.6. The molecule has 7 nitrogen and oxygen atoms in total. The van der Waals surface area contributed by atoms with Gasteiger partial charge in [0.15, 0.2) is 5.78 Å². The Kier molecular flexibility index (Phi) is 6.19. The number of aromatic hydroxyl groups is 1. The lowest BCUT2D eigenvalue weighted by molar-refractivity contribution is -0.150. The third kappa shape index (κ3) is 3.92. The Labute approximate surface area is 216 Å². The van der Waals surface area contributed by atoms with Gasteiger partial charge in [-0.2, -0.15) is 0 Å². The number of carbonyl (C=O) groups is 2. The van der Waals surface area contributed by atoms with Crippen LogP contribution in [0.1, 0.15) is 18.1 Å². The number of benzene rings is 2. The summed E-state index contributed by atoms with van der Waals surface area (Å²) in [6.07, 6.45) is 5.57. The minimum absolute atomic E-state index is 0.0694. The van der Waals surface area contributed by atoms with E-state index in [2.05, 4.69) is 16.8 Å². The fourth-order valence-electron chi connectivity index (χ4n) is 5.56. The Morgan fingerprint density at radius 1 is 1.08 bits per heavy atom. The van der Waals surface area contributed by atoms with Gasteiger partial charge >= 0.3 is 0 Å². The van der Waals surface area contributed by atoms with Gasteiger partial charge in [0.25, 0.3) is 0 Å². The van der Waals surface area contributed by atoms with Crippen molar-refractivity contribution < 1.29 is 14.7 Å². The number of likely N-dealkylation sites (N-methyl/N-ethyl adjacent to an activating group) is 1. The molecule has 3 unspecified atom stereocenters. The Balaban J connectivity index is 1.63. The van der Waals surface area contributed by atoms with Crippen molar-refractivity contribution in [1.29, 1.82) is 0 Å². The lowest BCUT2D eigenvalue weighted by Crippen LogP contribution is -2.66. The third-order valence-electron chi connectivity index (χ3n) is 7.76. The summed E-state index contributed by atoms with van der Waals surface area (Å²) >= 11 is 7.41. The predicted molar refractivity (Wildman–Crippen MR) is 140 cm³/mol. The van der Waals surface area contributed by atoms with E-state index in [1.165, 1.54) is 12.1 Å². The maximum atomic E-state index is 14.4. The van der Waals surface area contributed by atoms with Crippen LogP contribution in [0.5, 0.6) is 5.75 Å². The van der Waals surface area contributed by atoms with E-state index < -0.39 is 16.3 Å². The molecule has 2 saturated heterocycles. The molecule has 0 radical (unpaired) electrons. The highest BCUT2D eigenvalue weighted by Crippen LogP contribution is 2.49. The molecule has 3 atom stereocenters. The molecule has 0 aromatic heterocycles. The van der Waals surface area contributed by atoms with E-state index in [0.29, 0.717) is 30.0 Å². The number of hydrogen-bond donors (Lipinski definition) is 2. The number of Topliss-reactive ketones (excluding diaryl/α,β-unsaturated/α-hetero) is 1. The van der Waals surface area contributed by atoms with Gasteiger partial charge in [-0.25, -0.2) is 0 Å². The van der Waals surface area contributed by atoms with Gasteiger partial charge in [0, 0.05) is 37.6 Å². The first-order valence-electron chi connectivity index (χ1n) is 12.2. The molecule has 36 heavy (non-hydrogen) atoms. The second kappa shape index (κ2) is 9.07. The summed E-state index contributed by atoms with van der Waals surface area (Å²) < 4.78 is 0. The zero-order valence-electron chi connectivity index (χ0n) is 20.5. The van der Waals surface area contributed by atoms with Gasteiger partial charge < -0.3 is 20.6 Å². The summed E-state index contributed by atoms with van der Waals surface area (Å²) in [6, 6.07) is 13.7. The zero-order chi connectivity index (χ0) is 25.7. The zero-order valence-corrected chi connectivity index (χ0v) is 21.3. The normalized spacial score (nSPS) is 29.2. The molecule has 0 saturated carbocycles. The number of phenolic OH excluding ortho intramolecular Hbond substituents is 1. The standard InChI is InChI=1S/C28H31ClN4O3/c1-27(20-8-10-22(34)11-9-20)25(35)24-23(33(26(27)36)18-19-5-3-6-21(30)17-19)7-4-12-28(24,29)32-15-13-31(2)14-16-32/h3-12,17,24,34H,13-16,18,30H2,1-2H3. The number of alkyl halides is 1. The van der Waals surface area contributed by atoms with Crippen LogP contribution in [0.25, 0.3) is 0 Å². The van der Waals surface area contributed by atoms with E-state index in [9.17, 15) is 14.7 Å². The average molecular weight is 507 g/mol. The van der Waals surface area contributed by atoms with E-state index in [-0.39, 0.29) is 24.0 Å². The lowest BCUT2D eigenvalue weighted by Gasteiger charge is -2.53. The summed E-state index contributed by atoms with van der Waals surface area (Å²) in [6.45, 7) is 5.03. The van der Waals surface area contributed by atoms with Crippen LogP contribution in [0.3, 0.4) is 0 Å². The highest BCUT2D eigenvalue weighted by molar-refractivity contribution is 6.29. The number of nitrogens with two attached hydrogens (primary N) is 1. The number of allylic oxidation sites excluding steroid dienone is 2. The fourth-order valence-corrected chi connectivity index (χ4v) is 6.01. The Morgan fingerprint density at radius 3 is 2.44 bits per heavy atom. The molecule has 2 aromatic rings. The number of halogens is 1. The van der Waals surface area contributed by atoms with Crippen molar-refractivity contribution in [2.24, 2.45) is 5.92 Å². The van der Waals surface area contributed by atoms with Crippen molar-refractivity contribution in [3.8, 4) is 5.75 Å².